The summed E-state index contributed by atoms with van der Waals surface area (Å²) >= 11 is 7.44. The Balaban J connectivity index is 1.93. The number of hydrogen-bond acceptors (Lipinski definition) is 3. The highest BCUT2D eigenvalue weighted by Crippen LogP contribution is 2.26. The smallest absolute Gasteiger partial charge is 0.265 e. The molecule has 0 saturated heterocycles. The van der Waals surface area contributed by atoms with Crippen molar-refractivity contribution in [2.75, 3.05) is 7.11 Å². The molecule has 0 unspecified atom stereocenters. The third-order valence-corrected chi connectivity index (χ3v) is 4.38. The van der Waals surface area contributed by atoms with E-state index in [1.807, 2.05) is 11.4 Å². The summed E-state index contributed by atoms with van der Waals surface area (Å²) in [5.41, 5.74) is 0. The SMILES string of the molecule is COc1ccsc1C(=O)NC1CCC(Cl)CC1. The van der Waals surface area contributed by atoms with Gasteiger partial charge in [0, 0.05) is 11.4 Å². The van der Waals surface area contributed by atoms with Crippen molar-refractivity contribution in [2.45, 2.75) is 37.1 Å². The third kappa shape index (κ3) is 3.13. The molecule has 1 aliphatic carbocycles. The van der Waals surface area contributed by atoms with Crippen molar-refractivity contribution in [2.24, 2.45) is 0 Å². The number of ether oxygens (including phenoxy) is 1. The maximum absolute atomic E-state index is 12.0. The zero-order valence-electron chi connectivity index (χ0n) is 9.74. The Morgan fingerprint density at radius 3 is 2.82 bits per heavy atom. The predicted molar refractivity (Wildman–Crippen MR) is 70.2 cm³/mol. The average molecular weight is 274 g/mol. The number of rotatable bonds is 3. The number of carbonyl (C=O) groups excluding carboxylic acids is 1. The van der Waals surface area contributed by atoms with Crippen LogP contribution in [0.1, 0.15) is 35.4 Å². The monoisotopic (exact) mass is 273 g/mol. The van der Waals surface area contributed by atoms with E-state index < -0.39 is 0 Å². The van der Waals surface area contributed by atoms with Crippen LogP contribution in [0.3, 0.4) is 0 Å². The van der Waals surface area contributed by atoms with Crippen LogP contribution in [-0.4, -0.2) is 24.4 Å². The fourth-order valence-corrected chi connectivity index (χ4v) is 3.08. The van der Waals surface area contributed by atoms with Gasteiger partial charge in [-0.3, -0.25) is 4.79 Å². The molecular formula is C12H16ClNO2S. The molecule has 0 bridgehead atoms. The van der Waals surface area contributed by atoms with Gasteiger partial charge in [-0.05, 0) is 37.1 Å². The van der Waals surface area contributed by atoms with E-state index in [4.69, 9.17) is 16.3 Å². The largest absolute Gasteiger partial charge is 0.495 e. The highest BCUT2D eigenvalue weighted by atomic mass is 35.5. The van der Waals surface area contributed by atoms with E-state index in [9.17, 15) is 4.79 Å². The van der Waals surface area contributed by atoms with Crippen LogP contribution in [0.25, 0.3) is 0 Å². The standard InChI is InChI=1S/C12H16ClNO2S/c1-16-10-6-7-17-11(10)12(15)14-9-4-2-8(13)3-5-9/h6-9H,2-5H2,1H3,(H,14,15). The molecule has 0 radical (unpaired) electrons. The molecule has 0 aliphatic heterocycles. The minimum atomic E-state index is -0.0325. The van der Waals surface area contributed by atoms with Crippen molar-refractivity contribution in [3.63, 3.8) is 0 Å². The minimum Gasteiger partial charge on any atom is -0.495 e. The number of alkyl halides is 1. The van der Waals surface area contributed by atoms with E-state index in [1.54, 1.807) is 7.11 Å². The lowest BCUT2D eigenvalue weighted by atomic mass is 9.95. The Bertz CT molecular complexity index is 386. The van der Waals surface area contributed by atoms with Gasteiger partial charge in [0.1, 0.15) is 10.6 Å². The summed E-state index contributed by atoms with van der Waals surface area (Å²) in [4.78, 5) is 12.7. The van der Waals surface area contributed by atoms with Gasteiger partial charge in [0.15, 0.2) is 0 Å². The molecule has 5 heteroatoms. The number of methoxy groups -OCH3 is 1. The fraction of sp³-hybridized carbons (Fsp3) is 0.583. The van der Waals surface area contributed by atoms with Gasteiger partial charge in [0.05, 0.1) is 7.11 Å². The molecule has 0 spiro atoms. The van der Waals surface area contributed by atoms with Crippen molar-refractivity contribution in [3.8, 4) is 5.75 Å². The quantitative estimate of drug-likeness (QED) is 0.860. The topological polar surface area (TPSA) is 38.3 Å². The summed E-state index contributed by atoms with van der Waals surface area (Å²) in [7, 11) is 1.58. The van der Waals surface area contributed by atoms with E-state index >= 15 is 0 Å². The minimum absolute atomic E-state index is 0.0325. The lowest BCUT2D eigenvalue weighted by Crippen LogP contribution is -2.37. The molecule has 17 heavy (non-hydrogen) atoms. The molecular weight excluding hydrogens is 258 g/mol. The maximum Gasteiger partial charge on any atom is 0.265 e. The lowest BCUT2D eigenvalue weighted by Gasteiger charge is -2.25. The zero-order valence-corrected chi connectivity index (χ0v) is 11.3. The Kier molecular flexibility index (Phi) is 4.29. The first-order chi connectivity index (χ1) is 8.20. The van der Waals surface area contributed by atoms with Crippen LogP contribution < -0.4 is 10.1 Å². The van der Waals surface area contributed by atoms with Crippen LogP contribution in [0, 0.1) is 0 Å². The van der Waals surface area contributed by atoms with E-state index in [0.29, 0.717) is 10.6 Å². The van der Waals surface area contributed by atoms with Gasteiger partial charge in [-0.2, -0.15) is 0 Å². The molecule has 1 amide bonds. The van der Waals surface area contributed by atoms with Crippen LogP contribution in [0.4, 0.5) is 0 Å². The predicted octanol–water partition coefficient (Wildman–Crippen LogP) is 3.04. The summed E-state index contributed by atoms with van der Waals surface area (Å²) in [5, 5.41) is 5.19. The Morgan fingerprint density at radius 2 is 2.18 bits per heavy atom. The Morgan fingerprint density at radius 1 is 1.47 bits per heavy atom. The van der Waals surface area contributed by atoms with Crippen molar-refractivity contribution in [1.82, 2.24) is 5.32 Å². The first-order valence-electron chi connectivity index (χ1n) is 5.77. The molecule has 1 aromatic heterocycles. The molecule has 1 aliphatic rings. The van der Waals surface area contributed by atoms with Crippen LogP contribution in [0.15, 0.2) is 11.4 Å². The summed E-state index contributed by atoms with van der Waals surface area (Å²) in [6.07, 6.45) is 3.89. The van der Waals surface area contributed by atoms with Crippen LogP contribution in [0.2, 0.25) is 0 Å². The molecule has 1 fully saturated rings. The zero-order chi connectivity index (χ0) is 12.3. The van der Waals surface area contributed by atoms with Crippen LogP contribution >= 0.6 is 22.9 Å². The van der Waals surface area contributed by atoms with E-state index in [0.717, 1.165) is 25.7 Å². The fourth-order valence-electron chi connectivity index (χ4n) is 2.07. The van der Waals surface area contributed by atoms with Crippen molar-refractivity contribution < 1.29 is 9.53 Å². The number of hydrogen-bond donors (Lipinski definition) is 1. The second-order valence-corrected chi connectivity index (χ2v) is 5.77. The van der Waals surface area contributed by atoms with E-state index in [2.05, 4.69) is 5.32 Å². The van der Waals surface area contributed by atoms with Gasteiger partial charge in [-0.1, -0.05) is 0 Å². The Hall–Kier alpha value is -0.740. The van der Waals surface area contributed by atoms with Gasteiger partial charge >= 0.3 is 0 Å². The molecule has 1 heterocycles. The lowest BCUT2D eigenvalue weighted by molar-refractivity contribution is 0.0929. The third-order valence-electron chi connectivity index (χ3n) is 3.05. The second-order valence-electron chi connectivity index (χ2n) is 4.24. The highest BCUT2D eigenvalue weighted by Gasteiger charge is 2.23. The number of thiophene rings is 1. The number of nitrogens with one attached hydrogen (secondary N) is 1. The van der Waals surface area contributed by atoms with E-state index in [1.165, 1.54) is 11.3 Å². The van der Waals surface area contributed by atoms with Crippen LogP contribution in [-0.2, 0) is 0 Å². The summed E-state index contributed by atoms with van der Waals surface area (Å²) in [6.45, 7) is 0. The normalized spacial score (nSPS) is 24.4. The van der Waals surface area contributed by atoms with Crippen LogP contribution in [0.5, 0.6) is 5.75 Å². The van der Waals surface area contributed by atoms with E-state index in [-0.39, 0.29) is 17.3 Å². The van der Waals surface area contributed by atoms with Crippen molar-refractivity contribution in [3.05, 3.63) is 16.3 Å². The van der Waals surface area contributed by atoms with Crippen molar-refractivity contribution in [1.29, 1.82) is 0 Å². The maximum atomic E-state index is 12.0. The molecule has 1 aromatic rings. The second kappa shape index (κ2) is 5.74. The van der Waals surface area contributed by atoms with Gasteiger partial charge in [-0.15, -0.1) is 22.9 Å². The summed E-state index contributed by atoms with van der Waals surface area (Å²) in [5.74, 6) is 0.619. The van der Waals surface area contributed by atoms with Gasteiger partial charge in [0.2, 0.25) is 0 Å². The highest BCUT2D eigenvalue weighted by molar-refractivity contribution is 7.12. The van der Waals surface area contributed by atoms with Gasteiger partial charge in [-0.25, -0.2) is 0 Å². The molecule has 1 saturated carbocycles. The number of amides is 1. The Labute approximate surface area is 110 Å². The first-order valence-corrected chi connectivity index (χ1v) is 7.08. The molecule has 0 atom stereocenters. The summed E-state index contributed by atoms with van der Waals surface area (Å²) < 4.78 is 5.14. The number of carbonyl (C=O) groups is 1. The molecule has 94 valence electrons. The molecule has 1 N–H and O–H groups in total. The number of halogens is 1. The molecule has 2 rings (SSSR count). The van der Waals surface area contributed by atoms with Gasteiger partial charge in [0.25, 0.3) is 5.91 Å². The molecule has 3 nitrogen and oxygen atoms in total. The van der Waals surface area contributed by atoms with Gasteiger partial charge < -0.3 is 10.1 Å². The summed E-state index contributed by atoms with van der Waals surface area (Å²) in [6, 6.07) is 2.07. The first kappa shape index (κ1) is 12.7. The van der Waals surface area contributed by atoms with Crippen molar-refractivity contribution >= 4 is 28.8 Å². The average Bonchev–Trinajstić information content (AvgIpc) is 2.80. The molecule has 0 aromatic carbocycles.